The van der Waals surface area contributed by atoms with Crippen molar-refractivity contribution < 1.29 is 18.0 Å². The number of pyridine rings is 1. The number of thioether (sulfide) groups is 1. The summed E-state index contributed by atoms with van der Waals surface area (Å²) in [5, 5.41) is 12.2. The van der Waals surface area contributed by atoms with Crippen LogP contribution in [0.5, 0.6) is 0 Å². The average Bonchev–Trinajstić information content (AvgIpc) is 2.94. The molecule has 1 heterocycles. The fraction of sp³-hybridized carbons (Fsp3) is 0.381. The second-order valence-electron chi connectivity index (χ2n) is 6.81. The monoisotopic (exact) mass is 419 g/mol. The Morgan fingerprint density at radius 3 is 2.59 bits per heavy atom. The molecule has 0 radical (unpaired) electrons. The molecule has 152 valence electrons. The van der Waals surface area contributed by atoms with Crippen LogP contribution in [0.25, 0.3) is 0 Å². The van der Waals surface area contributed by atoms with E-state index in [1.54, 1.807) is 6.07 Å². The largest absolute Gasteiger partial charge is 0.418 e. The highest BCUT2D eigenvalue weighted by Gasteiger charge is 2.39. The number of nitrogens with one attached hydrogen (secondary N) is 1. The number of alkyl halides is 3. The van der Waals surface area contributed by atoms with Gasteiger partial charge in [-0.15, -0.1) is 0 Å². The average molecular weight is 419 g/mol. The molecular formula is C21H20F3N3OS. The number of fused-ring (bicyclic) bond motifs is 1. The lowest BCUT2D eigenvalue weighted by Crippen LogP contribution is -2.24. The van der Waals surface area contributed by atoms with Gasteiger partial charge in [0.1, 0.15) is 11.1 Å². The van der Waals surface area contributed by atoms with Gasteiger partial charge in [0.15, 0.2) is 0 Å². The van der Waals surface area contributed by atoms with E-state index in [9.17, 15) is 23.2 Å². The van der Waals surface area contributed by atoms with Gasteiger partial charge in [-0.3, -0.25) is 4.79 Å². The Labute approximate surface area is 171 Å². The van der Waals surface area contributed by atoms with Gasteiger partial charge in [-0.05, 0) is 36.8 Å². The van der Waals surface area contributed by atoms with Crippen LogP contribution < -0.4 is 5.32 Å². The summed E-state index contributed by atoms with van der Waals surface area (Å²) < 4.78 is 41.3. The van der Waals surface area contributed by atoms with Gasteiger partial charge < -0.3 is 5.32 Å². The van der Waals surface area contributed by atoms with Crippen LogP contribution in [0.1, 0.15) is 47.2 Å². The number of carbonyl (C=O) groups is 1. The molecule has 0 spiro atoms. The molecule has 0 saturated carbocycles. The van der Waals surface area contributed by atoms with Crippen molar-refractivity contribution in [1.29, 1.82) is 5.26 Å². The van der Waals surface area contributed by atoms with Gasteiger partial charge in [0, 0.05) is 12.2 Å². The van der Waals surface area contributed by atoms with E-state index in [1.807, 2.05) is 30.3 Å². The van der Waals surface area contributed by atoms with Gasteiger partial charge in [0.05, 0.1) is 16.9 Å². The van der Waals surface area contributed by atoms with Crippen molar-refractivity contribution in [1.82, 2.24) is 10.3 Å². The van der Waals surface area contributed by atoms with Crippen molar-refractivity contribution in [3.05, 3.63) is 58.3 Å². The van der Waals surface area contributed by atoms with Crippen LogP contribution in [0, 0.1) is 11.3 Å². The zero-order chi connectivity index (χ0) is 20.9. The molecule has 0 aliphatic heterocycles. The molecule has 3 rings (SSSR count). The summed E-state index contributed by atoms with van der Waals surface area (Å²) in [5.74, 6) is -0.432. The van der Waals surface area contributed by atoms with Crippen LogP contribution in [-0.2, 0) is 30.4 Å². The van der Waals surface area contributed by atoms with Crippen LogP contribution in [-0.4, -0.2) is 16.6 Å². The first-order valence-electron chi connectivity index (χ1n) is 9.36. The third-order valence-corrected chi connectivity index (χ3v) is 5.73. The molecule has 29 heavy (non-hydrogen) atoms. The molecule has 0 bridgehead atoms. The predicted octanol–water partition coefficient (Wildman–Crippen LogP) is 4.65. The van der Waals surface area contributed by atoms with Gasteiger partial charge in [0.2, 0.25) is 5.91 Å². The topological polar surface area (TPSA) is 65.8 Å². The van der Waals surface area contributed by atoms with Crippen molar-refractivity contribution in [2.45, 2.75) is 49.9 Å². The summed E-state index contributed by atoms with van der Waals surface area (Å²) in [4.78, 5) is 16.5. The summed E-state index contributed by atoms with van der Waals surface area (Å²) in [7, 11) is 0. The van der Waals surface area contributed by atoms with E-state index < -0.39 is 17.3 Å². The molecule has 0 saturated heterocycles. The van der Waals surface area contributed by atoms with Crippen molar-refractivity contribution >= 4 is 17.7 Å². The summed E-state index contributed by atoms with van der Waals surface area (Å²) in [6.45, 7) is 0.330. The molecular weight excluding hydrogens is 399 g/mol. The van der Waals surface area contributed by atoms with E-state index in [4.69, 9.17) is 0 Å². The van der Waals surface area contributed by atoms with Crippen LogP contribution in [0.2, 0.25) is 0 Å². The maximum atomic E-state index is 13.8. The molecule has 1 aliphatic rings. The van der Waals surface area contributed by atoms with E-state index in [1.165, 1.54) is 0 Å². The zero-order valence-corrected chi connectivity index (χ0v) is 16.5. The van der Waals surface area contributed by atoms with E-state index in [0.29, 0.717) is 25.1 Å². The van der Waals surface area contributed by atoms with E-state index >= 15 is 0 Å². The predicted molar refractivity (Wildman–Crippen MR) is 104 cm³/mol. The molecule has 0 atom stereocenters. The first kappa shape index (κ1) is 21.2. The number of amides is 1. The number of hydrogen-bond donors (Lipinski definition) is 1. The number of nitrogens with zero attached hydrogens (tertiary/aromatic N) is 2. The molecule has 1 aliphatic carbocycles. The Morgan fingerprint density at radius 1 is 1.17 bits per heavy atom. The molecule has 0 fully saturated rings. The maximum absolute atomic E-state index is 13.8. The summed E-state index contributed by atoms with van der Waals surface area (Å²) >= 11 is 0.879. The highest BCUT2D eigenvalue weighted by atomic mass is 32.2. The number of carbonyl (C=O) groups excluding carboxylic acids is 1. The lowest BCUT2D eigenvalue weighted by atomic mass is 9.97. The molecule has 4 nitrogen and oxygen atoms in total. The maximum Gasteiger partial charge on any atom is 0.418 e. The van der Waals surface area contributed by atoms with Crippen LogP contribution >= 0.6 is 11.8 Å². The molecule has 1 aromatic carbocycles. The smallest absolute Gasteiger partial charge is 0.351 e. The highest BCUT2D eigenvalue weighted by Crippen LogP contribution is 2.40. The Morgan fingerprint density at radius 2 is 1.90 bits per heavy atom. The standard InChI is InChI=1S/C21H20F3N3OS/c22-21(23,24)19-15-9-5-2-6-10-17(15)27-20(16(19)11-25)29-13-18(28)26-12-14-7-3-1-4-8-14/h1,3-4,7-8H,2,5-6,9-10,12-13H2,(H,26,28). The van der Waals surface area contributed by atoms with Gasteiger partial charge in [0.25, 0.3) is 0 Å². The number of aryl methyl sites for hydroxylation is 1. The Balaban J connectivity index is 1.80. The van der Waals surface area contributed by atoms with Crippen LogP contribution in [0.3, 0.4) is 0 Å². The van der Waals surface area contributed by atoms with E-state index in [2.05, 4.69) is 10.3 Å². The first-order chi connectivity index (χ1) is 13.9. The molecule has 1 N–H and O–H groups in total. The molecule has 0 unspecified atom stereocenters. The normalized spacial score (nSPS) is 13.9. The fourth-order valence-electron chi connectivity index (χ4n) is 3.40. The van der Waals surface area contributed by atoms with Gasteiger partial charge >= 0.3 is 6.18 Å². The molecule has 1 amide bonds. The van der Waals surface area contributed by atoms with Crippen molar-refractivity contribution in [3.8, 4) is 6.07 Å². The molecule has 1 aromatic heterocycles. The number of benzene rings is 1. The van der Waals surface area contributed by atoms with Crippen LogP contribution in [0.15, 0.2) is 35.4 Å². The fourth-order valence-corrected chi connectivity index (χ4v) is 4.23. The lowest BCUT2D eigenvalue weighted by molar-refractivity contribution is -0.138. The third kappa shape index (κ3) is 5.30. The van der Waals surface area contributed by atoms with E-state index in [-0.39, 0.29) is 28.7 Å². The third-order valence-electron chi connectivity index (χ3n) is 4.76. The number of rotatable bonds is 5. The van der Waals surface area contributed by atoms with Gasteiger partial charge in [-0.1, -0.05) is 48.5 Å². The Kier molecular flexibility index (Phi) is 6.80. The summed E-state index contributed by atoms with van der Waals surface area (Å²) in [5.41, 5.74) is 0.120. The Hall–Kier alpha value is -2.53. The first-order valence-corrected chi connectivity index (χ1v) is 10.3. The second kappa shape index (κ2) is 9.31. The highest BCUT2D eigenvalue weighted by molar-refractivity contribution is 8.00. The minimum absolute atomic E-state index is 0.0182. The van der Waals surface area contributed by atoms with Crippen LogP contribution in [0.4, 0.5) is 13.2 Å². The Bertz CT molecular complexity index is 923. The minimum atomic E-state index is -4.63. The van der Waals surface area contributed by atoms with Gasteiger partial charge in [-0.2, -0.15) is 18.4 Å². The summed E-state index contributed by atoms with van der Waals surface area (Å²) in [6.07, 6.45) is -1.65. The number of halogens is 3. The van der Waals surface area contributed by atoms with Crippen molar-refractivity contribution in [3.63, 3.8) is 0 Å². The number of nitriles is 1. The quantitative estimate of drug-likeness (QED) is 0.566. The molecule has 2 aromatic rings. The number of hydrogen-bond acceptors (Lipinski definition) is 4. The molecule has 8 heteroatoms. The van der Waals surface area contributed by atoms with E-state index in [0.717, 1.165) is 30.2 Å². The summed E-state index contributed by atoms with van der Waals surface area (Å²) in [6, 6.07) is 11.0. The lowest BCUT2D eigenvalue weighted by Gasteiger charge is -2.18. The zero-order valence-electron chi connectivity index (χ0n) is 15.7. The minimum Gasteiger partial charge on any atom is -0.351 e. The van der Waals surface area contributed by atoms with Crippen molar-refractivity contribution in [2.75, 3.05) is 5.75 Å². The van der Waals surface area contributed by atoms with Crippen molar-refractivity contribution in [2.24, 2.45) is 0 Å². The van der Waals surface area contributed by atoms with Gasteiger partial charge in [-0.25, -0.2) is 4.98 Å². The second-order valence-corrected chi connectivity index (χ2v) is 7.78. The SMILES string of the molecule is N#Cc1c(SCC(=O)NCc2ccccc2)nc2c(c1C(F)(F)F)CCCCC2. The number of aromatic nitrogens is 1.